The predicted octanol–water partition coefficient (Wildman–Crippen LogP) is 0.212. The highest BCUT2D eigenvalue weighted by molar-refractivity contribution is 7.99. The molecular weight excluding hydrogens is 256 g/mol. The number of nitrogens with two attached hydrogens (primary N) is 1. The van der Waals surface area contributed by atoms with Crippen molar-refractivity contribution in [2.75, 3.05) is 18.1 Å². The molecule has 0 aromatic heterocycles. The summed E-state index contributed by atoms with van der Waals surface area (Å²) in [7, 11) is 0. The third-order valence-electron chi connectivity index (χ3n) is 2.69. The van der Waals surface area contributed by atoms with E-state index in [2.05, 4.69) is 5.32 Å². The van der Waals surface area contributed by atoms with Gasteiger partial charge in [-0.2, -0.15) is 11.8 Å². The van der Waals surface area contributed by atoms with Crippen LogP contribution in [0.5, 0.6) is 0 Å². The van der Waals surface area contributed by atoms with Crippen molar-refractivity contribution < 1.29 is 19.5 Å². The van der Waals surface area contributed by atoms with Gasteiger partial charge in [0.05, 0.1) is 11.2 Å². The molecule has 0 aliphatic carbocycles. The second-order valence-corrected chi connectivity index (χ2v) is 5.37. The molecule has 1 atom stereocenters. The van der Waals surface area contributed by atoms with Crippen LogP contribution in [-0.2, 0) is 14.4 Å². The molecule has 7 heteroatoms. The zero-order chi connectivity index (χ0) is 14.2. The second-order valence-electron chi connectivity index (χ2n) is 4.26. The van der Waals surface area contributed by atoms with Crippen LogP contribution >= 0.6 is 11.8 Å². The molecule has 0 aliphatic heterocycles. The number of aliphatic carboxylic acids is 1. The van der Waals surface area contributed by atoms with Crippen LogP contribution in [-0.4, -0.2) is 40.9 Å². The second kappa shape index (κ2) is 7.97. The van der Waals surface area contributed by atoms with E-state index in [0.29, 0.717) is 12.2 Å². The van der Waals surface area contributed by atoms with Gasteiger partial charge in [0.1, 0.15) is 0 Å². The van der Waals surface area contributed by atoms with Gasteiger partial charge in [0.25, 0.3) is 0 Å². The number of nitrogens with one attached hydrogen (secondary N) is 1. The summed E-state index contributed by atoms with van der Waals surface area (Å²) in [6.07, 6.45) is 0.691. The minimum atomic E-state index is -0.934. The monoisotopic (exact) mass is 276 g/mol. The fourth-order valence-electron chi connectivity index (χ4n) is 1.07. The number of carboxylic acids is 1. The lowest BCUT2D eigenvalue weighted by atomic mass is 9.88. The molecule has 18 heavy (non-hydrogen) atoms. The molecule has 2 amide bonds. The molecule has 4 N–H and O–H groups in total. The van der Waals surface area contributed by atoms with E-state index in [9.17, 15) is 14.4 Å². The lowest BCUT2D eigenvalue weighted by Crippen LogP contribution is -2.40. The van der Waals surface area contributed by atoms with Crippen LogP contribution in [0, 0.1) is 5.41 Å². The maximum absolute atomic E-state index is 11.4. The molecule has 104 valence electrons. The Labute approximate surface area is 111 Å². The van der Waals surface area contributed by atoms with Gasteiger partial charge in [-0.25, -0.2) is 0 Å². The van der Waals surface area contributed by atoms with Crippen molar-refractivity contribution >= 4 is 29.5 Å². The summed E-state index contributed by atoms with van der Waals surface area (Å²) in [6.45, 7) is 3.47. The number of carbonyl (C=O) groups is 3. The first-order valence-electron chi connectivity index (χ1n) is 5.68. The van der Waals surface area contributed by atoms with Gasteiger partial charge in [0.15, 0.2) is 0 Å². The molecule has 0 fully saturated rings. The Morgan fingerprint density at radius 3 is 2.44 bits per heavy atom. The fraction of sp³-hybridized carbons (Fsp3) is 0.727. The van der Waals surface area contributed by atoms with E-state index in [1.54, 1.807) is 13.8 Å². The standard InChI is InChI=1S/C11H20N2O4S/c1-3-11(2,10(16)17)7-13-9(15)4-5-18-6-8(12)14/h3-7H2,1-2H3,(H2,12,14)(H,13,15)(H,16,17). The number of carboxylic acid groups (broad SMARTS) is 1. The van der Waals surface area contributed by atoms with Gasteiger partial charge in [0, 0.05) is 18.7 Å². The van der Waals surface area contributed by atoms with Crippen molar-refractivity contribution in [3.8, 4) is 0 Å². The molecule has 0 aliphatic rings. The highest BCUT2D eigenvalue weighted by Gasteiger charge is 2.31. The summed E-state index contributed by atoms with van der Waals surface area (Å²) in [5.74, 6) is -0.870. The topological polar surface area (TPSA) is 109 Å². The maximum atomic E-state index is 11.4. The first-order valence-corrected chi connectivity index (χ1v) is 6.83. The average molecular weight is 276 g/mol. The number of primary amides is 1. The number of hydrogen-bond donors (Lipinski definition) is 3. The third-order valence-corrected chi connectivity index (χ3v) is 3.67. The molecule has 0 aromatic carbocycles. The van der Waals surface area contributed by atoms with E-state index >= 15 is 0 Å². The van der Waals surface area contributed by atoms with E-state index in [-0.39, 0.29) is 24.6 Å². The van der Waals surface area contributed by atoms with Crippen molar-refractivity contribution in [1.29, 1.82) is 0 Å². The molecule has 0 saturated carbocycles. The van der Waals surface area contributed by atoms with Gasteiger partial charge in [-0.3, -0.25) is 14.4 Å². The first kappa shape index (κ1) is 16.8. The Kier molecular flexibility index (Phi) is 7.42. The summed E-state index contributed by atoms with van der Waals surface area (Å²) in [5, 5.41) is 11.6. The average Bonchev–Trinajstić information content (AvgIpc) is 2.31. The quantitative estimate of drug-likeness (QED) is 0.522. The summed E-state index contributed by atoms with van der Waals surface area (Å²) in [5.41, 5.74) is 4.02. The smallest absolute Gasteiger partial charge is 0.311 e. The molecular formula is C11H20N2O4S. The van der Waals surface area contributed by atoms with Crippen molar-refractivity contribution in [3.63, 3.8) is 0 Å². The Morgan fingerprint density at radius 1 is 1.39 bits per heavy atom. The van der Waals surface area contributed by atoms with Crippen LogP contribution in [0.4, 0.5) is 0 Å². The van der Waals surface area contributed by atoms with Gasteiger partial charge in [-0.05, 0) is 13.3 Å². The van der Waals surface area contributed by atoms with E-state index in [4.69, 9.17) is 10.8 Å². The van der Waals surface area contributed by atoms with Crippen molar-refractivity contribution in [3.05, 3.63) is 0 Å². The Bertz CT molecular complexity index is 322. The summed E-state index contributed by atoms with van der Waals surface area (Å²) >= 11 is 1.28. The van der Waals surface area contributed by atoms with E-state index in [1.165, 1.54) is 11.8 Å². The van der Waals surface area contributed by atoms with Crippen molar-refractivity contribution in [1.82, 2.24) is 5.32 Å². The molecule has 0 radical (unpaired) electrons. The molecule has 1 unspecified atom stereocenters. The highest BCUT2D eigenvalue weighted by Crippen LogP contribution is 2.19. The number of amides is 2. The Morgan fingerprint density at radius 2 is 2.00 bits per heavy atom. The van der Waals surface area contributed by atoms with Crippen molar-refractivity contribution in [2.24, 2.45) is 11.1 Å². The number of hydrogen-bond acceptors (Lipinski definition) is 4. The van der Waals surface area contributed by atoms with E-state index < -0.39 is 17.3 Å². The maximum Gasteiger partial charge on any atom is 0.311 e. The number of rotatable bonds is 9. The highest BCUT2D eigenvalue weighted by atomic mass is 32.2. The summed E-state index contributed by atoms with van der Waals surface area (Å²) in [4.78, 5) is 32.9. The zero-order valence-electron chi connectivity index (χ0n) is 10.7. The SMILES string of the molecule is CCC(C)(CNC(=O)CCSCC(N)=O)C(=O)O. The molecule has 0 rings (SSSR count). The van der Waals surface area contributed by atoms with E-state index in [1.807, 2.05) is 0 Å². The normalized spacial score (nSPS) is 13.7. The molecule has 0 spiro atoms. The lowest BCUT2D eigenvalue weighted by molar-refractivity contribution is -0.148. The van der Waals surface area contributed by atoms with Crippen LogP contribution in [0.2, 0.25) is 0 Å². The van der Waals surface area contributed by atoms with Crippen LogP contribution < -0.4 is 11.1 Å². The summed E-state index contributed by atoms with van der Waals surface area (Å²) in [6, 6.07) is 0. The lowest BCUT2D eigenvalue weighted by Gasteiger charge is -2.23. The van der Waals surface area contributed by atoms with Crippen LogP contribution in [0.3, 0.4) is 0 Å². The van der Waals surface area contributed by atoms with Gasteiger partial charge < -0.3 is 16.2 Å². The number of thioether (sulfide) groups is 1. The molecule has 0 heterocycles. The molecule has 0 saturated heterocycles. The predicted molar refractivity (Wildman–Crippen MR) is 70.2 cm³/mol. The molecule has 0 bridgehead atoms. The van der Waals surface area contributed by atoms with Gasteiger partial charge in [-0.1, -0.05) is 6.92 Å². The van der Waals surface area contributed by atoms with Crippen LogP contribution in [0.25, 0.3) is 0 Å². The first-order chi connectivity index (χ1) is 8.31. The van der Waals surface area contributed by atoms with Crippen molar-refractivity contribution in [2.45, 2.75) is 26.7 Å². The zero-order valence-corrected chi connectivity index (χ0v) is 11.5. The molecule has 6 nitrogen and oxygen atoms in total. The Balaban J connectivity index is 3.89. The molecule has 0 aromatic rings. The Hall–Kier alpha value is -1.24. The van der Waals surface area contributed by atoms with Crippen LogP contribution in [0.15, 0.2) is 0 Å². The fourth-order valence-corrected chi connectivity index (χ4v) is 1.75. The van der Waals surface area contributed by atoms with Gasteiger partial charge in [0.2, 0.25) is 11.8 Å². The largest absolute Gasteiger partial charge is 0.481 e. The van der Waals surface area contributed by atoms with E-state index in [0.717, 1.165) is 0 Å². The minimum absolute atomic E-state index is 0.109. The summed E-state index contributed by atoms with van der Waals surface area (Å²) < 4.78 is 0. The third kappa shape index (κ3) is 6.48. The minimum Gasteiger partial charge on any atom is -0.481 e. The van der Waals surface area contributed by atoms with Crippen LogP contribution in [0.1, 0.15) is 26.7 Å². The van der Waals surface area contributed by atoms with Gasteiger partial charge >= 0.3 is 5.97 Å². The van der Waals surface area contributed by atoms with Gasteiger partial charge in [-0.15, -0.1) is 0 Å². The number of carbonyl (C=O) groups excluding carboxylic acids is 2.